The molecule has 28 heavy (non-hydrogen) atoms. The molecule has 1 fully saturated rings. The third kappa shape index (κ3) is 3.26. The van der Waals surface area contributed by atoms with Crippen LogP contribution in [0.1, 0.15) is 50.8 Å². The second-order valence-corrected chi connectivity index (χ2v) is 7.25. The number of rotatable bonds is 3. The zero-order chi connectivity index (χ0) is 19.8. The lowest BCUT2D eigenvalue weighted by atomic mass is 10.0. The van der Waals surface area contributed by atoms with Gasteiger partial charge in [0.25, 0.3) is 11.8 Å². The van der Waals surface area contributed by atoms with Crippen LogP contribution in [0.3, 0.4) is 0 Å². The number of carbonyl (C=O) groups excluding carboxylic acids is 2. The van der Waals surface area contributed by atoms with Crippen molar-refractivity contribution in [3.05, 3.63) is 52.9 Å². The van der Waals surface area contributed by atoms with E-state index >= 15 is 0 Å². The molecule has 2 amide bonds. The quantitative estimate of drug-likeness (QED) is 0.751. The first-order valence-electron chi connectivity index (χ1n) is 9.41. The number of nitrogens with zero attached hydrogens (tertiary/aromatic N) is 4. The van der Waals surface area contributed by atoms with Gasteiger partial charge in [0.2, 0.25) is 0 Å². The van der Waals surface area contributed by atoms with Crippen LogP contribution in [0.15, 0.2) is 28.9 Å². The fourth-order valence-electron chi connectivity index (χ4n) is 3.73. The standard InChI is InChI=1S/C20H23N5O3/c1-12-11-13(2)25-18(21-12)17(14(3)23-25)19(26)22-15-6-8-24(9-7-15)20(27)16-5-4-10-28-16/h4-5,10-11,15H,6-9H2,1-3H3,(H,22,26). The highest BCUT2D eigenvalue weighted by molar-refractivity contribution is 6.01. The Morgan fingerprint density at radius 3 is 2.64 bits per heavy atom. The summed E-state index contributed by atoms with van der Waals surface area (Å²) < 4.78 is 6.90. The Kier molecular flexibility index (Phi) is 4.62. The third-order valence-corrected chi connectivity index (χ3v) is 5.15. The largest absolute Gasteiger partial charge is 0.459 e. The smallest absolute Gasteiger partial charge is 0.289 e. The lowest BCUT2D eigenvalue weighted by Crippen LogP contribution is -2.46. The number of furan rings is 1. The summed E-state index contributed by atoms with van der Waals surface area (Å²) in [5, 5.41) is 7.56. The third-order valence-electron chi connectivity index (χ3n) is 5.15. The molecule has 0 spiro atoms. The minimum absolute atomic E-state index is 0.00778. The summed E-state index contributed by atoms with van der Waals surface area (Å²) in [6.07, 6.45) is 2.89. The molecule has 3 aromatic heterocycles. The van der Waals surface area contributed by atoms with Crippen molar-refractivity contribution in [3.63, 3.8) is 0 Å². The molecule has 0 bridgehead atoms. The Labute approximate surface area is 162 Å². The van der Waals surface area contributed by atoms with Gasteiger partial charge in [0, 0.05) is 30.5 Å². The van der Waals surface area contributed by atoms with Gasteiger partial charge in [-0.3, -0.25) is 9.59 Å². The monoisotopic (exact) mass is 381 g/mol. The summed E-state index contributed by atoms with van der Waals surface area (Å²) in [5.74, 6) is 0.0745. The van der Waals surface area contributed by atoms with Gasteiger partial charge in [-0.1, -0.05) is 0 Å². The highest BCUT2D eigenvalue weighted by Gasteiger charge is 2.27. The minimum atomic E-state index is -0.166. The van der Waals surface area contributed by atoms with Crippen molar-refractivity contribution < 1.29 is 14.0 Å². The lowest BCUT2D eigenvalue weighted by Gasteiger charge is -2.31. The molecule has 0 unspecified atom stereocenters. The first-order chi connectivity index (χ1) is 13.4. The molecule has 8 nitrogen and oxygen atoms in total. The van der Waals surface area contributed by atoms with E-state index in [0.29, 0.717) is 48.6 Å². The van der Waals surface area contributed by atoms with Gasteiger partial charge in [0.1, 0.15) is 5.56 Å². The van der Waals surface area contributed by atoms with Gasteiger partial charge in [0.05, 0.1) is 12.0 Å². The van der Waals surface area contributed by atoms with Crippen molar-refractivity contribution in [3.8, 4) is 0 Å². The highest BCUT2D eigenvalue weighted by atomic mass is 16.3. The molecule has 1 aliphatic rings. The summed E-state index contributed by atoms with van der Waals surface area (Å²) in [6.45, 7) is 6.83. The van der Waals surface area contributed by atoms with E-state index in [4.69, 9.17) is 4.42 Å². The molecule has 146 valence electrons. The SMILES string of the molecule is Cc1cc(C)n2nc(C)c(C(=O)NC3CCN(C(=O)c4ccco4)CC3)c2n1. The summed E-state index contributed by atoms with van der Waals surface area (Å²) in [5.41, 5.74) is 3.54. The first-order valence-corrected chi connectivity index (χ1v) is 9.41. The molecule has 0 aliphatic carbocycles. The van der Waals surface area contributed by atoms with Gasteiger partial charge in [-0.15, -0.1) is 0 Å². The molecular formula is C20H23N5O3. The Morgan fingerprint density at radius 2 is 1.96 bits per heavy atom. The zero-order valence-corrected chi connectivity index (χ0v) is 16.2. The van der Waals surface area contributed by atoms with Crippen molar-refractivity contribution in [1.29, 1.82) is 0 Å². The molecular weight excluding hydrogens is 358 g/mol. The van der Waals surface area contributed by atoms with Crippen LogP contribution >= 0.6 is 0 Å². The van der Waals surface area contributed by atoms with Crippen molar-refractivity contribution in [1.82, 2.24) is 24.8 Å². The number of hydrogen-bond donors (Lipinski definition) is 1. The molecule has 0 radical (unpaired) electrons. The maximum atomic E-state index is 12.9. The average Bonchev–Trinajstić information content (AvgIpc) is 3.29. The fourth-order valence-corrected chi connectivity index (χ4v) is 3.73. The van der Waals surface area contributed by atoms with Gasteiger partial charge in [-0.2, -0.15) is 5.10 Å². The number of likely N-dealkylation sites (tertiary alicyclic amines) is 1. The van der Waals surface area contributed by atoms with Crippen LogP contribution in [0.2, 0.25) is 0 Å². The fraction of sp³-hybridized carbons (Fsp3) is 0.400. The molecule has 4 rings (SSSR count). The second-order valence-electron chi connectivity index (χ2n) is 7.25. The molecule has 1 aliphatic heterocycles. The number of hydrogen-bond acceptors (Lipinski definition) is 5. The van der Waals surface area contributed by atoms with E-state index in [9.17, 15) is 9.59 Å². The topological polar surface area (TPSA) is 92.7 Å². The predicted octanol–water partition coefficient (Wildman–Crippen LogP) is 2.28. The van der Waals surface area contributed by atoms with E-state index in [1.807, 2.05) is 26.8 Å². The molecule has 4 heterocycles. The second kappa shape index (κ2) is 7.10. The van der Waals surface area contributed by atoms with E-state index in [-0.39, 0.29) is 17.9 Å². The number of aryl methyl sites for hydroxylation is 3. The maximum Gasteiger partial charge on any atom is 0.289 e. The van der Waals surface area contributed by atoms with Crippen LogP contribution in [0.5, 0.6) is 0 Å². The van der Waals surface area contributed by atoms with E-state index in [2.05, 4.69) is 15.4 Å². The number of fused-ring (bicyclic) bond motifs is 1. The van der Waals surface area contributed by atoms with Crippen molar-refractivity contribution in [2.75, 3.05) is 13.1 Å². The maximum absolute atomic E-state index is 12.9. The van der Waals surface area contributed by atoms with E-state index in [1.54, 1.807) is 21.5 Å². The van der Waals surface area contributed by atoms with Crippen LogP contribution in [0.4, 0.5) is 0 Å². The lowest BCUT2D eigenvalue weighted by molar-refractivity contribution is 0.0667. The first kappa shape index (κ1) is 18.2. The number of carbonyl (C=O) groups is 2. The molecule has 0 aromatic carbocycles. The van der Waals surface area contributed by atoms with Gasteiger partial charge in [0.15, 0.2) is 11.4 Å². The number of nitrogens with one attached hydrogen (secondary N) is 1. The van der Waals surface area contributed by atoms with E-state index in [1.165, 1.54) is 6.26 Å². The summed E-state index contributed by atoms with van der Waals surface area (Å²) >= 11 is 0. The van der Waals surface area contributed by atoms with Crippen LogP contribution in [0, 0.1) is 20.8 Å². The van der Waals surface area contributed by atoms with Crippen molar-refractivity contribution in [2.45, 2.75) is 39.7 Å². The summed E-state index contributed by atoms with van der Waals surface area (Å²) in [4.78, 5) is 31.6. The zero-order valence-electron chi connectivity index (χ0n) is 16.2. The van der Waals surface area contributed by atoms with Crippen LogP contribution < -0.4 is 5.32 Å². The van der Waals surface area contributed by atoms with E-state index in [0.717, 1.165) is 11.4 Å². The summed E-state index contributed by atoms with van der Waals surface area (Å²) in [6, 6.07) is 5.32. The Balaban J connectivity index is 1.45. The van der Waals surface area contributed by atoms with E-state index < -0.39 is 0 Å². The molecule has 1 N–H and O–H groups in total. The number of piperidine rings is 1. The molecule has 1 saturated heterocycles. The van der Waals surface area contributed by atoms with Crippen LogP contribution in [-0.4, -0.2) is 50.4 Å². The minimum Gasteiger partial charge on any atom is -0.459 e. The van der Waals surface area contributed by atoms with Crippen LogP contribution in [0.25, 0.3) is 5.65 Å². The Hall–Kier alpha value is -3.16. The van der Waals surface area contributed by atoms with Crippen molar-refractivity contribution in [2.24, 2.45) is 0 Å². The van der Waals surface area contributed by atoms with Gasteiger partial charge >= 0.3 is 0 Å². The Morgan fingerprint density at radius 1 is 1.21 bits per heavy atom. The average molecular weight is 381 g/mol. The summed E-state index contributed by atoms with van der Waals surface area (Å²) in [7, 11) is 0. The molecule has 0 saturated carbocycles. The van der Waals surface area contributed by atoms with Crippen LogP contribution in [-0.2, 0) is 0 Å². The Bertz CT molecular complexity index is 1030. The van der Waals surface area contributed by atoms with Gasteiger partial charge in [-0.05, 0) is 51.8 Å². The molecule has 0 atom stereocenters. The number of amides is 2. The van der Waals surface area contributed by atoms with Gasteiger partial charge in [-0.25, -0.2) is 9.50 Å². The molecule has 8 heteroatoms. The van der Waals surface area contributed by atoms with Crippen molar-refractivity contribution >= 4 is 17.5 Å². The predicted molar refractivity (Wildman–Crippen MR) is 102 cm³/mol. The molecule has 3 aromatic rings. The normalized spacial score (nSPS) is 15.2. The van der Waals surface area contributed by atoms with Gasteiger partial charge < -0.3 is 14.6 Å². The number of aromatic nitrogens is 3. The highest BCUT2D eigenvalue weighted by Crippen LogP contribution is 2.19.